The lowest BCUT2D eigenvalue weighted by molar-refractivity contribution is -0.149. The molecule has 0 aliphatic heterocycles. The Labute approximate surface area is 148 Å². The van der Waals surface area contributed by atoms with E-state index >= 15 is 0 Å². The fourth-order valence-corrected chi connectivity index (χ4v) is 1.89. The van der Waals surface area contributed by atoms with Crippen LogP contribution >= 0.6 is 0 Å². The molecule has 0 heterocycles. The molecule has 0 bridgehead atoms. The Morgan fingerprint density at radius 3 is 2.42 bits per heavy atom. The van der Waals surface area contributed by atoms with E-state index in [9.17, 15) is 18.8 Å². The Balaban J connectivity index is 1.74. The van der Waals surface area contributed by atoms with Crippen LogP contribution in [-0.4, -0.2) is 38.2 Å². The van der Waals surface area contributed by atoms with Crippen molar-refractivity contribution in [3.63, 3.8) is 0 Å². The van der Waals surface area contributed by atoms with Gasteiger partial charge < -0.3 is 19.5 Å². The van der Waals surface area contributed by atoms with Crippen LogP contribution in [0.2, 0.25) is 0 Å². The smallest absolute Gasteiger partial charge is 0.344 e. The summed E-state index contributed by atoms with van der Waals surface area (Å²) in [5.41, 5.74) is 0.765. The Bertz CT molecular complexity index is 791. The van der Waals surface area contributed by atoms with Gasteiger partial charge in [-0.05, 0) is 36.4 Å². The van der Waals surface area contributed by atoms with Gasteiger partial charge in [0.2, 0.25) is 0 Å². The summed E-state index contributed by atoms with van der Waals surface area (Å²) in [6.07, 6.45) is 0. The van der Waals surface area contributed by atoms with E-state index in [1.165, 1.54) is 49.6 Å². The molecule has 0 saturated heterocycles. The lowest BCUT2D eigenvalue weighted by atomic mass is 10.2. The van der Waals surface area contributed by atoms with Gasteiger partial charge >= 0.3 is 11.9 Å². The first-order valence-electron chi connectivity index (χ1n) is 7.50. The van der Waals surface area contributed by atoms with Crippen LogP contribution in [0.1, 0.15) is 10.4 Å². The fourth-order valence-electron chi connectivity index (χ4n) is 1.89. The van der Waals surface area contributed by atoms with Gasteiger partial charge in [-0.1, -0.05) is 6.07 Å². The van der Waals surface area contributed by atoms with Gasteiger partial charge in [0.05, 0.1) is 12.7 Å². The molecule has 8 heteroatoms. The van der Waals surface area contributed by atoms with Crippen LogP contribution in [0.5, 0.6) is 5.75 Å². The quantitative estimate of drug-likeness (QED) is 0.760. The molecule has 0 fully saturated rings. The Morgan fingerprint density at radius 1 is 1.04 bits per heavy atom. The van der Waals surface area contributed by atoms with Gasteiger partial charge in [-0.3, -0.25) is 4.79 Å². The molecule has 7 nitrogen and oxygen atoms in total. The van der Waals surface area contributed by atoms with Gasteiger partial charge in [-0.15, -0.1) is 0 Å². The van der Waals surface area contributed by atoms with Crippen LogP contribution in [0.25, 0.3) is 0 Å². The minimum atomic E-state index is -0.773. The number of amides is 1. The number of hydrogen-bond donors (Lipinski definition) is 1. The third-order valence-corrected chi connectivity index (χ3v) is 3.11. The van der Waals surface area contributed by atoms with E-state index in [1.807, 2.05) is 0 Å². The summed E-state index contributed by atoms with van der Waals surface area (Å²) in [7, 11) is 1.27. The molecule has 0 atom stereocenters. The zero-order valence-electron chi connectivity index (χ0n) is 13.9. The average molecular weight is 361 g/mol. The first-order valence-corrected chi connectivity index (χ1v) is 7.50. The van der Waals surface area contributed by atoms with Gasteiger partial charge in [0.25, 0.3) is 5.91 Å². The zero-order chi connectivity index (χ0) is 18.9. The maximum atomic E-state index is 13.0. The monoisotopic (exact) mass is 361 g/mol. The predicted molar refractivity (Wildman–Crippen MR) is 89.3 cm³/mol. The number of carbonyl (C=O) groups excluding carboxylic acids is 3. The van der Waals surface area contributed by atoms with E-state index in [-0.39, 0.29) is 5.75 Å². The summed E-state index contributed by atoms with van der Waals surface area (Å²) in [5, 5.41) is 2.50. The van der Waals surface area contributed by atoms with Crippen LogP contribution < -0.4 is 10.1 Å². The number of esters is 2. The van der Waals surface area contributed by atoms with Crippen LogP contribution in [-0.2, 0) is 19.1 Å². The highest BCUT2D eigenvalue weighted by Crippen LogP contribution is 2.12. The van der Waals surface area contributed by atoms with Crippen molar-refractivity contribution in [1.82, 2.24) is 0 Å². The normalized spacial score (nSPS) is 9.92. The molecular weight excluding hydrogens is 345 g/mol. The summed E-state index contributed by atoms with van der Waals surface area (Å²) < 4.78 is 27.4. The van der Waals surface area contributed by atoms with E-state index in [2.05, 4.69) is 10.1 Å². The zero-order valence-corrected chi connectivity index (χ0v) is 13.9. The Kier molecular flexibility index (Phi) is 6.67. The van der Waals surface area contributed by atoms with Crippen molar-refractivity contribution < 1.29 is 33.0 Å². The van der Waals surface area contributed by atoms with Gasteiger partial charge in [0.15, 0.2) is 13.2 Å². The van der Waals surface area contributed by atoms with E-state index < -0.39 is 36.9 Å². The molecule has 26 heavy (non-hydrogen) atoms. The second kappa shape index (κ2) is 9.16. The number of ether oxygens (including phenoxy) is 3. The summed E-state index contributed by atoms with van der Waals surface area (Å²) in [4.78, 5) is 34.6. The molecule has 2 aromatic carbocycles. The number of hydrogen-bond acceptors (Lipinski definition) is 6. The molecular formula is C18H16FNO6. The first-order chi connectivity index (χ1) is 12.5. The van der Waals surface area contributed by atoms with E-state index in [4.69, 9.17) is 9.47 Å². The van der Waals surface area contributed by atoms with Crippen molar-refractivity contribution in [2.45, 2.75) is 0 Å². The molecule has 1 amide bonds. The number of rotatable bonds is 7. The van der Waals surface area contributed by atoms with Gasteiger partial charge in [0.1, 0.15) is 11.6 Å². The summed E-state index contributed by atoms with van der Waals surface area (Å²) >= 11 is 0. The minimum Gasteiger partial charge on any atom is -0.482 e. The van der Waals surface area contributed by atoms with Crippen molar-refractivity contribution in [3.8, 4) is 5.75 Å². The molecule has 0 saturated carbocycles. The summed E-state index contributed by atoms with van der Waals surface area (Å²) in [5.74, 6) is -2.14. The van der Waals surface area contributed by atoms with Gasteiger partial charge in [-0.2, -0.15) is 0 Å². The van der Waals surface area contributed by atoms with Crippen LogP contribution in [0, 0.1) is 5.82 Å². The highest BCUT2D eigenvalue weighted by atomic mass is 19.1. The van der Waals surface area contributed by atoms with Crippen LogP contribution in [0.3, 0.4) is 0 Å². The number of benzene rings is 2. The summed E-state index contributed by atoms with van der Waals surface area (Å²) in [6, 6.07) is 11.3. The van der Waals surface area contributed by atoms with E-state index in [1.54, 1.807) is 0 Å². The summed E-state index contributed by atoms with van der Waals surface area (Å²) in [6.45, 7) is -0.964. The maximum absolute atomic E-state index is 13.0. The molecule has 136 valence electrons. The average Bonchev–Trinajstić information content (AvgIpc) is 2.64. The lowest BCUT2D eigenvalue weighted by Gasteiger charge is -2.08. The van der Waals surface area contributed by atoms with Crippen molar-refractivity contribution in [1.29, 1.82) is 0 Å². The van der Waals surface area contributed by atoms with Gasteiger partial charge in [0, 0.05) is 11.8 Å². The molecule has 0 aliphatic carbocycles. The molecule has 1 N–H and O–H groups in total. The van der Waals surface area contributed by atoms with Crippen molar-refractivity contribution in [3.05, 3.63) is 59.9 Å². The number of halogens is 1. The molecule has 0 aromatic heterocycles. The number of anilines is 1. The maximum Gasteiger partial charge on any atom is 0.344 e. The first kappa shape index (κ1) is 18.9. The Hall–Kier alpha value is -3.42. The molecule has 0 spiro atoms. The highest BCUT2D eigenvalue weighted by molar-refractivity contribution is 5.94. The molecule has 0 aliphatic rings. The largest absolute Gasteiger partial charge is 0.482 e. The van der Waals surface area contributed by atoms with Crippen molar-refractivity contribution >= 4 is 23.5 Å². The second-order valence-corrected chi connectivity index (χ2v) is 5.02. The predicted octanol–water partition coefficient (Wildman–Crippen LogP) is 2.17. The number of carbonyl (C=O) groups is 3. The Morgan fingerprint density at radius 2 is 1.77 bits per heavy atom. The molecule has 0 unspecified atom stereocenters. The SMILES string of the molecule is COC(=O)c1ccc(NC(=O)COC(=O)COc2cccc(F)c2)cc1. The minimum absolute atomic E-state index is 0.178. The lowest BCUT2D eigenvalue weighted by Crippen LogP contribution is -2.23. The molecule has 2 rings (SSSR count). The van der Waals surface area contributed by atoms with Crippen LogP contribution in [0.4, 0.5) is 10.1 Å². The van der Waals surface area contributed by atoms with Crippen LogP contribution in [0.15, 0.2) is 48.5 Å². The van der Waals surface area contributed by atoms with Crippen molar-refractivity contribution in [2.75, 3.05) is 25.6 Å². The molecule has 2 aromatic rings. The standard InChI is InChI=1S/C18H16FNO6/c1-24-18(23)12-5-7-14(8-6-12)20-16(21)10-26-17(22)11-25-15-4-2-3-13(19)9-15/h2-9H,10-11H2,1H3,(H,20,21). The third-order valence-electron chi connectivity index (χ3n) is 3.11. The topological polar surface area (TPSA) is 90.9 Å². The fraction of sp³-hybridized carbons (Fsp3) is 0.167. The third kappa shape index (κ3) is 5.90. The van der Waals surface area contributed by atoms with Crippen molar-refractivity contribution in [2.24, 2.45) is 0 Å². The van der Waals surface area contributed by atoms with Gasteiger partial charge in [-0.25, -0.2) is 14.0 Å². The molecule has 0 radical (unpaired) electrons. The second-order valence-electron chi connectivity index (χ2n) is 5.02. The van der Waals surface area contributed by atoms with E-state index in [0.29, 0.717) is 11.3 Å². The number of nitrogens with one attached hydrogen (secondary N) is 1. The highest BCUT2D eigenvalue weighted by Gasteiger charge is 2.10. The number of methoxy groups -OCH3 is 1. The van der Waals surface area contributed by atoms with E-state index in [0.717, 1.165) is 6.07 Å².